The van der Waals surface area contributed by atoms with Crippen LogP contribution in [0.3, 0.4) is 0 Å². The van der Waals surface area contributed by atoms with E-state index in [2.05, 4.69) is 61.4 Å². The highest BCUT2D eigenvalue weighted by Crippen LogP contribution is 2.36. The molecule has 0 bridgehead atoms. The third-order valence-corrected chi connectivity index (χ3v) is 9.79. The van der Waals surface area contributed by atoms with Crippen molar-refractivity contribution in [2.75, 3.05) is 19.8 Å². The monoisotopic (exact) mass is 459 g/mol. The summed E-state index contributed by atoms with van der Waals surface area (Å²) in [5.74, 6) is -0.324. The van der Waals surface area contributed by atoms with Crippen LogP contribution in [0, 0.1) is 0 Å². The van der Waals surface area contributed by atoms with E-state index in [9.17, 15) is 9.90 Å². The van der Waals surface area contributed by atoms with E-state index >= 15 is 0 Å². The van der Waals surface area contributed by atoms with Crippen LogP contribution >= 0.6 is 15.9 Å². The molecule has 6 nitrogen and oxygen atoms in total. The van der Waals surface area contributed by atoms with Gasteiger partial charge in [0.15, 0.2) is 8.32 Å². The summed E-state index contributed by atoms with van der Waals surface area (Å²) in [5.41, 5.74) is 0.166. The number of aliphatic hydroxyl groups is 1. The lowest BCUT2D eigenvalue weighted by atomic mass is 10.1. The summed E-state index contributed by atoms with van der Waals surface area (Å²) in [6.45, 7) is 17.2. The number of ether oxygens (including phenoxy) is 2. The van der Waals surface area contributed by atoms with Gasteiger partial charge in [0.05, 0.1) is 24.5 Å². The van der Waals surface area contributed by atoms with Gasteiger partial charge in [0.25, 0.3) is 0 Å². The van der Waals surface area contributed by atoms with Crippen LogP contribution < -0.4 is 4.74 Å². The highest BCUT2D eigenvalue weighted by Gasteiger charge is 2.36. The number of aliphatic hydroxyl groups excluding tert-OH is 1. The molecule has 1 rings (SSSR count). The van der Waals surface area contributed by atoms with E-state index < -0.39 is 20.4 Å². The van der Waals surface area contributed by atoms with Gasteiger partial charge in [-0.3, -0.25) is 0 Å². The van der Waals surface area contributed by atoms with E-state index in [1.807, 2.05) is 0 Å². The standard InChI is InChI=1S/C19H30BrNO5Si/c1-8-24-18(23)13(2)17(22)16-14(20)9-10-15(21-16)25-11-12-26-27(6,7)19(3,4)5/h9-10,17,22H,2,8,11-12H2,1,3-7H3. The smallest absolute Gasteiger partial charge is 0.336 e. The summed E-state index contributed by atoms with van der Waals surface area (Å²) in [7, 11) is -1.83. The van der Waals surface area contributed by atoms with Gasteiger partial charge in [0.2, 0.25) is 5.88 Å². The molecule has 0 saturated carbocycles. The SMILES string of the molecule is C=C(C(=O)OCC)C(O)c1nc(OCCO[Si](C)(C)C(C)(C)C)ccc1Br. The van der Waals surface area contributed by atoms with Crippen LogP contribution in [0.2, 0.25) is 18.1 Å². The van der Waals surface area contributed by atoms with Crippen LogP contribution in [-0.2, 0) is 14.0 Å². The normalized spacial score (nSPS) is 13.2. The van der Waals surface area contributed by atoms with E-state index in [4.69, 9.17) is 13.9 Å². The third kappa shape index (κ3) is 6.71. The van der Waals surface area contributed by atoms with Crippen molar-refractivity contribution in [3.63, 3.8) is 0 Å². The molecule has 1 aromatic rings. The van der Waals surface area contributed by atoms with Gasteiger partial charge in [0, 0.05) is 10.5 Å². The first-order chi connectivity index (χ1) is 12.4. The molecule has 1 heterocycles. The molecule has 0 amide bonds. The number of aromatic nitrogens is 1. The molecule has 0 spiro atoms. The molecule has 0 aliphatic heterocycles. The highest BCUT2D eigenvalue weighted by molar-refractivity contribution is 9.10. The van der Waals surface area contributed by atoms with E-state index in [-0.39, 0.29) is 22.9 Å². The summed E-state index contributed by atoms with van der Waals surface area (Å²) in [5, 5.41) is 10.5. The lowest BCUT2D eigenvalue weighted by molar-refractivity contribution is -0.139. The topological polar surface area (TPSA) is 77.9 Å². The number of nitrogens with zero attached hydrogens (tertiary/aromatic N) is 1. The molecule has 27 heavy (non-hydrogen) atoms. The van der Waals surface area contributed by atoms with E-state index in [1.54, 1.807) is 19.1 Å². The van der Waals surface area contributed by atoms with Crippen LogP contribution in [0.25, 0.3) is 0 Å². The fourth-order valence-electron chi connectivity index (χ4n) is 1.87. The van der Waals surface area contributed by atoms with Crippen LogP contribution in [0.5, 0.6) is 5.88 Å². The highest BCUT2D eigenvalue weighted by atomic mass is 79.9. The Hall–Kier alpha value is -1.22. The molecular weight excluding hydrogens is 430 g/mol. The summed E-state index contributed by atoms with van der Waals surface area (Å²) in [4.78, 5) is 16.1. The number of pyridine rings is 1. The lowest BCUT2D eigenvalue weighted by Gasteiger charge is -2.36. The predicted octanol–water partition coefficient (Wildman–Crippen LogP) is 4.40. The Kier molecular flexibility index (Phi) is 8.66. The van der Waals surface area contributed by atoms with Gasteiger partial charge in [-0.25, -0.2) is 9.78 Å². The van der Waals surface area contributed by atoms with Crippen molar-refractivity contribution in [3.8, 4) is 5.88 Å². The van der Waals surface area contributed by atoms with E-state index in [0.717, 1.165) is 0 Å². The quantitative estimate of drug-likeness (QED) is 0.255. The van der Waals surface area contributed by atoms with Crippen LogP contribution in [0.15, 0.2) is 28.8 Å². The van der Waals surface area contributed by atoms with Gasteiger partial charge >= 0.3 is 5.97 Å². The van der Waals surface area contributed by atoms with Crippen molar-refractivity contribution in [2.24, 2.45) is 0 Å². The molecular formula is C19H30BrNO5Si. The molecule has 0 aliphatic carbocycles. The minimum Gasteiger partial charge on any atom is -0.475 e. The van der Waals surface area contributed by atoms with Gasteiger partial charge in [0.1, 0.15) is 12.7 Å². The minimum atomic E-state index is -1.83. The Labute approximate surface area is 171 Å². The molecule has 1 aromatic heterocycles. The van der Waals surface area contributed by atoms with Crippen LogP contribution in [0.4, 0.5) is 0 Å². The van der Waals surface area contributed by atoms with Crippen molar-refractivity contribution in [3.05, 3.63) is 34.5 Å². The van der Waals surface area contributed by atoms with E-state index in [0.29, 0.717) is 23.6 Å². The molecule has 1 unspecified atom stereocenters. The fraction of sp³-hybridized carbons (Fsp3) is 0.579. The summed E-state index contributed by atoms with van der Waals surface area (Å²) in [6.07, 6.45) is -1.29. The summed E-state index contributed by atoms with van der Waals surface area (Å²) >= 11 is 3.33. The maximum Gasteiger partial charge on any atom is 0.336 e. The third-order valence-electron chi connectivity index (χ3n) is 4.58. The fourth-order valence-corrected chi connectivity index (χ4v) is 3.34. The second kappa shape index (κ2) is 9.82. The number of rotatable bonds is 9. The molecule has 0 saturated heterocycles. The predicted molar refractivity (Wildman–Crippen MR) is 111 cm³/mol. The Balaban J connectivity index is 2.73. The van der Waals surface area contributed by atoms with Gasteiger partial charge in [-0.1, -0.05) is 27.4 Å². The molecule has 8 heteroatoms. The summed E-state index contributed by atoms with van der Waals surface area (Å²) in [6, 6.07) is 3.38. The zero-order valence-electron chi connectivity index (χ0n) is 17.0. The lowest BCUT2D eigenvalue weighted by Crippen LogP contribution is -2.41. The van der Waals surface area contributed by atoms with Crippen molar-refractivity contribution in [1.82, 2.24) is 4.98 Å². The second-order valence-electron chi connectivity index (χ2n) is 7.62. The van der Waals surface area contributed by atoms with E-state index in [1.165, 1.54) is 0 Å². The maximum atomic E-state index is 11.8. The molecule has 0 aliphatic rings. The Morgan fingerprint density at radius 3 is 2.52 bits per heavy atom. The van der Waals surface area contributed by atoms with Crippen LogP contribution in [-0.4, -0.2) is 44.2 Å². The van der Waals surface area contributed by atoms with Gasteiger partial charge in [-0.05, 0) is 47.1 Å². The number of hydrogen-bond donors (Lipinski definition) is 1. The molecule has 1 N–H and O–H groups in total. The minimum absolute atomic E-state index is 0.0801. The molecule has 152 valence electrons. The second-order valence-corrected chi connectivity index (χ2v) is 13.3. The number of halogens is 1. The number of carbonyl (C=O) groups excluding carboxylic acids is 1. The molecule has 0 fully saturated rings. The Morgan fingerprint density at radius 1 is 1.33 bits per heavy atom. The zero-order chi connectivity index (χ0) is 20.8. The van der Waals surface area contributed by atoms with Crippen molar-refractivity contribution in [2.45, 2.75) is 51.9 Å². The average molecular weight is 460 g/mol. The summed E-state index contributed by atoms with van der Waals surface area (Å²) < 4.78 is 17.1. The molecule has 0 aromatic carbocycles. The van der Waals surface area contributed by atoms with Gasteiger partial charge in [-0.15, -0.1) is 0 Å². The van der Waals surface area contributed by atoms with Crippen LogP contribution in [0.1, 0.15) is 39.5 Å². The average Bonchev–Trinajstić information content (AvgIpc) is 2.58. The Bertz CT molecular complexity index is 673. The zero-order valence-corrected chi connectivity index (χ0v) is 19.6. The number of esters is 1. The van der Waals surface area contributed by atoms with Crippen molar-refractivity contribution in [1.29, 1.82) is 0 Å². The first-order valence-corrected chi connectivity index (χ1v) is 12.6. The molecule has 0 radical (unpaired) electrons. The Morgan fingerprint density at radius 2 is 1.96 bits per heavy atom. The van der Waals surface area contributed by atoms with Crippen molar-refractivity contribution < 1.29 is 23.8 Å². The molecule has 1 atom stereocenters. The number of hydrogen-bond acceptors (Lipinski definition) is 6. The largest absolute Gasteiger partial charge is 0.475 e. The van der Waals surface area contributed by atoms with Gasteiger partial charge < -0.3 is 19.0 Å². The van der Waals surface area contributed by atoms with Crippen molar-refractivity contribution >= 4 is 30.2 Å². The first kappa shape index (κ1) is 23.8. The number of carbonyl (C=O) groups is 1. The first-order valence-electron chi connectivity index (χ1n) is 8.88. The van der Waals surface area contributed by atoms with Gasteiger partial charge in [-0.2, -0.15) is 0 Å². The maximum absolute atomic E-state index is 11.8.